The molecule has 3 aromatic rings. The van der Waals surface area contributed by atoms with Crippen molar-refractivity contribution in [1.82, 2.24) is 19.9 Å². The number of aliphatic carboxylic acids is 6. The van der Waals surface area contributed by atoms with Crippen LogP contribution in [0.5, 0.6) is 0 Å². The lowest BCUT2D eigenvalue weighted by Crippen LogP contribution is -2.21. The van der Waals surface area contributed by atoms with Gasteiger partial charge in [0.1, 0.15) is 10.5 Å². The van der Waals surface area contributed by atoms with Gasteiger partial charge in [0.15, 0.2) is 0 Å². The van der Waals surface area contributed by atoms with E-state index in [9.17, 15) is 59.4 Å². The Balaban J connectivity index is 1.92. The third-order valence-electron chi connectivity index (χ3n) is 10.6. The second-order valence-electron chi connectivity index (χ2n) is 14.7. The first kappa shape index (κ1) is 45.2. The molecule has 0 radical (unpaired) electrons. The Hall–Kier alpha value is -5.88. The number of aryl methyl sites for hydroxylation is 2. The molecule has 318 valence electrons. The van der Waals surface area contributed by atoms with Crippen LogP contribution in [0.2, 0.25) is 0 Å². The number of nitrogens with zero attached hydrogens (tertiary/aromatic N) is 2. The summed E-state index contributed by atoms with van der Waals surface area (Å²) in [6, 6.07) is 7.13. The third kappa shape index (κ3) is 10.1. The molecule has 5 heterocycles. The maximum atomic E-state index is 12.2. The molecule has 0 fully saturated rings. The van der Waals surface area contributed by atoms with Gasteiger partial charge in [0.2, 0.25) is 0 Å². The van der Waals surface area contributed by atoms with Gasteiger partial charge in [-0.2, -0.15) is 0 Å². The van der Waals surface area contributed by atoms with Crippen LogP contribution >= 0.6 is 23.5 Å². The summed E-state index contributed by atoms with van der Waals surface area (Å²) in [6.45, 7) is 10.9. The Labute approximate surface area is 352 Å². The minimum absolute atomic E-state index is 0.132. The summed E-state index contributed by atoms with van der Waals surface area (Å²) in [6.07, 6.45) is -1.33. The molecule has 8 bridgehead atoms. The van der Waals surface area contributed by atoms with E-state index in [4.69, 9.17) is 9.97 Å². The van der Waals surface area contributed by atoms with Crippen molar-refractivity contribution in [3.8, 4) is 0 Å². The number of aromatic amines is 2. The second-order valence-corrected chi connectivity index (χ2v) is 17.8. The van der Waals surface area contributed by atoms with E-state index in [2.05, 4.69) is 9.97 Å². The first-order valence-corrected chi connectivity index (χ1v) is 20.8. The predicted molar refractivity (Wildman–Crippen MR) is 229 cm³/mol. The van der Waals surface area contributed by atoms with E-state index in [1.54, 1.807) is 26.0 Å². The lowest BCUT2D eigenvalue weighted by molar-refractivity contribution is -0.142. The van der Waals surface area contributed by atoms with E-state index in [1.807, 2.05) is 39.8 Å². The quantitative estimate of drug-likeness (QED) is 0.0602. The highest BCUT2D eigenvalue weighted by atomic mass is 32.2. The van der Waals surface area contributed by atoms with Crippen LogP contribution in [0.1, 0.15) is 122 Å². The van der Waals surface area contributed by atoms with Gasteiger partial charge < -0.3 is 40.6 Å². The summed E-state index contributed by atoms with van der Waals surface area (Å²) in [5, 5.41) is 54.5. The second kappa shape index (κ2) is 18.6. The Morgan fingerprint density at radius 2 is 0.900 bits per heavy atom. The number of hydrogen-bond donors (Lipinski definition) is 8. The van der Waals surface area contributed by atoms with Crippen molar-refractivity contribution in [1.29, 1.82) is 0 Å². The Morgan fingerprint density at radius 1 is 0.533 bits per heavy atom. The Bertz CT molecular complexity index is 2540. The summed E-state index contributed by atoms with van der Waals surface area (Å²) < 4.78 is 0. The molecule has 16 nitrogen and oxygen atoms in total. The lowest BCUT2D eigenvalue weighted by atomic mass is 9.98. The first-order chi connectivity index (χ1) is 28.2. The summed E-state index contributed by atoms with van der Waals surface area (Å²) in [5.41, 5.74) is 9.63. The molecule has 0 amide bonds. The van der Waals surface area contributed by atoms with Crippen molar-refractivity contribution < 1.29 is 59.4 Å². The maximum Gasteiger partial charge on any atom is 0.317 e. The number of hydrogen-bond acceptors (Lipinski definition) is 10. The largest absolute Gasteiger partial charge is 0.481 e. The highest BCUT2D eigenvalue weighted by Gasteiger charge is 2.30. The molecule has 2 aliphatic rings. The standard InChI is InChI=1S/C42H46N4O12S2/c1-17-23(7-9-35(47)48)29-14-30-24(8-10-36(49)50)18(2)26(44-30)12-31-40(22(6)60-34(42(57)58)16-38(53)54)20(4)28(46-31)13-32-39(19(3)27(45-32)11-25(17)43-29)21(5)59-33(41(55)56)15-37(51)52/h11-14,21-22,33-34,45-46H,7-10,15-16H2,1-6H3,(H,47,48)(H,49,50)(H,51,52)(H,53,54)(H,55,56)(H,57,58). The Morgan fingerprint density at radius 3 is 1.27 bits per heavy atom. The molecule has 3 aromatic heterocycles. The molecular formula is C42H46N4O12S2. The van der Waals surface area contributed by atoms with Gasteiger partial charge in [-0.3, -0.25) is 28.8 Å². The number of H-pyrrole nitrogens is 2. The first-order valence-electron chi connectivity index (χ1n) is 19.0. The smallest absolute Gasteiger partial charge is 0.317 e. The molecule has 5 rings (SSSR count). The molecule has 0 saturated carbocycles. The summed E-state index contributed by atoms with van der Waals surface area (Å²) in [7, 11) is 0. The number of carbonyl (C=O) groups is 6. The normalized spacial score (nSPS) is 14.8. The highest BCUT2D eigenvalue weighted by Crippen LogP contribution is 2.43. The van der Waals surface area contributed by atoms with E-state index >= 15 is 0 Å². The molecule has 4 unspecified atom stereocenters. The molecular weight excluding hydrogens is 817 g/mol. The van der Waals surface area contributed by atoms with Crippen LogP contribution in [0, 0.1) is 13.8 Å². The van der Waals surface area contributed by atoms with Crippen molar-refractivity contribution in [3.63, 3.8) is 0 Å². The molecule has 0 spiro atoms. The molecule has 18 heteroatoms. The van der Waals surface area contributed by atoms with Gasteiger partial charge in [-0.15, -0.1) is 23.5 Å². The van der Waals surface area contributed by atoms with Crippen LogP contribution < -0.4 is 0 Å². The zero-order valence-corrected chi connectivity index (χ0v) is 35.3. The van der Waals surface area contributed by atoms with Crippen LogP contribution in [0.3, 0.4) is 0 Å². The fourth-order valence-corrected chi connectivity index (χ4v) is 10.2. The fourth-order valence-electron chi connectivity index (χ4n) is 7.62. The molecule has 0 aromatic carbocycles. The van der Waals surface area contributed by atoms with Gasteiger partial charge in [-0.1, -0.05) is 0 Å². The molecule has 0 saturated heterocycles. The topological polar surface area (TPSA) is 281 Å². The lowest BCUT2D eigenvalue weighted by Gasteiger charge is -2.17. The van der Waals surface area contributed by atoms with Crippen molar-refractivity contribution >= 4 is 104 Å². The molecule has 4 atom stereocenters. The molecule has 60 heavy (non-hydrogen) atoms. The third-order valence-corrected chi connectivity index (χ3v) is 13.3. The molecule has 2 aliphatic heterocycles. The number of carboxylic acids is 6. The highest BCUT2D eigenvalue weighted by molar-refractivity contribution is 8.01. The number of aromatic nitrogens is 4. The minimum Gasteiger partial charge on any atom is -0.481 e. The van der Waals surface area contributed by atoms with Crippen molar-refractivity contribution in [2.75, 3.05) is 0 Å². The van der Waals surface area contributed by atoms with Crippen LogP contribution in [0.15, 0.2) is 24.3 Å². The summed E-state index contributed by atoms with van der Waals surface area (Å²) in [5.74, 6) is -7.10. The Kier molecular flexibility index (Phi) is 14.0. The SMILES string of the molecule is CC1=C(CCC(=O)O)c2cc3nc(cc4[nH]c(cc5[nH]c(cc1n2)c(C)c5C(C)SC(CC(=O)O)C(=O)O)c(C)c4C(C)SC(CC(=O)O)C(=O)O)C(C)=C3CCC(=O)O. The van der Waals surface area contributed by atoms with E-state index in [0.717, 1.165) is 29.1 Å². The van der Waals surface area contributed by atoms with Crippen LogP contribution in [-0.2, 0) is 28.8 Å². The van der Waals surface area contributed by atoms with Crippen molar-refractivity contribution in [2.45, 2.75) is 101 Å². The zero-order chi connectivity index (χ0) is 44.3. The van der Waals surface area contributed by atoms with Gasteiger partial charge in [0, 0.05) is 45.4 Å². The zero-order valence-electron chi connectivity index (χ0n) is 33.7. The van der Waals surface area contributed by atoms with Gasteiger partial charge in [-0.05, 0) is 123 Å². The van der Waals surface area contributed by atoms with Gasteiger partial charge in [0.05, 0.1) is 35.6 Å². The van der Waals surface area contributed by atoms with E-state index in [0.29, 0.717) is 83.8 Å². The number of rotatable bonds is 18. The van der Waals surface area contributed by atoms with Crippen molar-refractivity contribution in [3.05, 3.63) is 69.3 Å². The van der Waals surface area contributed by atoms with Gasteiger partial charge in [-0.25, -0.2) is 9.97 Å². The van der Waals surface area contributed by atoms with Gasteiger partial charge >= 0.3 is 35.8 Å². The minimum atomic E-state index is -1.28. The summed E-state index contributed by atoms with van der Waals surface area (Å²) in [4.78, 5) is 88.0. The average Bonchev–Trinajstić information content (AvgIpc) is 3.81. The molecule has 8 N–H and O–H groups in total. The number of thioether (sulfide) groups is 2. The number of allylic oxidation sites excluding steroid dienone is 4. The van der Waals surface area contributed by atoms with Crippen molar-refractivity contribution in [2.24, 2.45) is 0 Å². The summed E-state index contributed by atoms with van der Waals surface area (Å²) >= 11 is 1.95. The number of fused-ring (bicyclic) bond motifs is 8. The maximum absolute atomic E-state index is 12.2. The fraction of sp³-hybridized carbons (Fsp3) is 0.381. The van der Waals surface area contributed by atoms with Crippen LogP contribution in [0.4, 0.5) is 0 Å². The number of carboxylic acid groups (broad SMARTS) is 6. The van der Waals surface area contributed by atoms with E-state index in [1.165, 1.54) is 0 Å². The number of nitrogens with one attached hydrogen (secondary N) is 2. The van der Waals surface area contributed by atoms with E-state index < -0.39 is 69.7 Å². The average molecular weight is 863 g/mol. The van der Waals surface area contributed by atoms with Gasteiger partial charge in [0.25, 0.3) is 0 Å². The van der Waals surface area contributed by atoms with Crippen LogP contribution in [0.25, 0.3) is 44.4 Å². The monoisotopic (exact) mass is 862 g/mol. The van der Waals surface area contributed by atoms with E-state index in [-0.39, 0.29) is 25.7 Å². The molecule has 0 aliphatic carbocycles. The van der Waals surface area contributed by atoms with Crippen LogP contribution in [-0.4, -0.2) is 96.9 Å². The predicted octanol–water partition coefficient (Wildman–Crippen LogP) is 7.97.